The van der Waals surface area contributed by atoms with Gasteiger partial charge in [-0.05, 0) is 18.8 Å². The molecule has 2 N–H and O–H groups in total. The van der Waals surface area contributed by atoms with Gasteiger partial charge in [0.2, 0.25) is 0 Å². The van der Waals surface area contributed by atoms with Gasteiger partial charge in [0.1, 0.15) is 5.37 Å². The lowest BCUT2D eigenvalue weighted by atomic mass is 9.73. The van der Waals surface area contributed by atoms with Crippen molar-refractivity contribution in [3.8, 4) is 0 Å². The maximum Gasteiger partial charge on any atom is 0.166 e. The first-order chi connectivity index (χ1) is 9.99. The highest BCUT2D eigenvalue weighted by atomic mass is 32.2. The fourth-order valence-electron chi connectivity index (χ4n) is 3.99. The molecule has 0 aromatic rings. The van der Waals surface area contributed by atoms with Crippen LogP contribution in [-0.2, 0) is 9.84 Å². The summed E-state index contributed by atoms with van der Waals surface area (Å²) in [7, 11) is -3.04. The van der Waals surface area contributed by atoms with Crippen LogP contribution in [0.4, 0.5) is 0 Å². The Labute approximate surface area is 134 Å². The van der Waals surface area contributed by atoms with Gasteiger partial charge in [0, 0.05) is 35.9 Å². The Morgan fingerprint density at radius 3 is 2.76 bits per heavy atom. The van der Waals surface area contributed by atoms with Gasteiger partial charge in [0.25, 0.3) is 0 Å². The van der Waals surface area contributed by atoms with Crippen LogP contribution in [0.15, 0.2) is 0 Å². The summed E-state index contributed by atoms with van der Waals surface area (Å²) in [5, 5.41) is -0.333. The predicted molar refractivity (Wildman–Crippen MR) is 91.3 cm³/mol. The maximum atomic E-state index is 12.5. The van der Waals surface area contributed by atoms with Gasteiger partial charge in [-0.15, -0.1) is 0 Å². The molecule has 0 bridgehead atoms. The minimum absolute atomic E-state index is 0.0905. The van der Waals surface area contributed by atoms with Crippen LogP contribution >= 0.6 is 11.8 Å². The number of nitrogens with zero attached hydrogens (tertiary/aromatic N) is 1. The molecule has 4 nitrogen and oxygen atoms in total. The molecule has 2 rings (SSSR count). The van der Waals surface area contributed by atoms with Gasteiger partial charge in [-0.25, -0.2) is 8.42 Å². The Hall–Kier alpha value is 0.220. The van der Waals surface area contributed by atoms with Crippen molar-refractivity contribution in [3.05, 3.63) is 0 Å². The average molecular weight is 335 g/mol. The Morgan fingerprint density at radius 1 is 1.38 bits per heavy atom. The smallest absolute Gasteiger partial charge is 0.166 e. The van der Waals surface area contributed by atoms with E-state index >= 15 is 0 Å². The molecule has 0 radical (unpaired) electrons. The van der Waals surface area contributed by atoms with E-state index in [9.17, 15) is 8.42 Å². The van der Waals surface area contributed by atoms with Crippen LogP contribution in [0.1, 0.15) is 46.0 Å². The highest BCUT2D eigenvalue weighted by Crippen LogP contribution is 2.41. The number of hydrogen-bond donors (Lipinski definition) is 1. The second-order valence-corrected chi connectivity index (χ2v) is 10.1. The quantitative estimate of drug-likeness (QED) is 0.834. The molecule has 1 saturated heterocycles. The highest BCUT2D eigenvalue weighted by Gasteiger charge is 2.46. The number of sulfone groups is 1. The summed E-state index contributed by atoms with van der Waals surface area (Å²) in [5.74, 6) is 2.65. The number of nitrogens with two attached hydrogens (primary N) is 1. The van der Waals surface area contributed by atoms with Gasteiger partial charge in [0.05, 0.1) is 0 Å². The van der Waals surface area contributed by atoms with Gasteiger partial charge >= 0.3 is 0 Å². The summed E-state index contributed by atoms with van der Waals surface area (Å²) in [6.45, 7) is 5.45. The largest absolute Gasteiger partial charge is 0.329 e. The molecule has 0 aromatic carbocycles. The van der Waals surface area contributed by atoms with E-state index in [-0.39, 0.29) is 16.7 Å². The summed E-state index contributed by atoms with van der Waals surface area (Å²) in [6, 6.07) is 0. The minimum atomic E-state index is -3.04. The molecule has 1 aliphatic carbocycles. The van der Waals surface area contributed by atoms with Crippen molar-refractivity contribution >= 4 is 21.6 Å². The molecule has 21 heavy (non-hydrogen) atoms. The number of thioether (sulfide) groups is 1. The molecule has 2 fully saturated rings. The van der Waals surface area contributed by atoms with E-state index in [1.54, 1.807) is 18.7 Å². The molecule has 0 spiro atoms. The van der Waals surface area contributed by atoms with Crippen molar-refractivity contribution in [2.75, 3.05) is 30.3 Å². The van der Waals surface area contributed by atoms with Crippen molar-refractivity contribution in [1.82, 2.24) is 4.90 Å². The second kappa shape index (κ2) is 7.20. The minimum Gasteiger partial charge on any atom is -0.329 e. The molecule has 6 heteroatoms. The third-order valence-electron chi connectivity index (χ3n) is 5.39. The lowest BCUT2D eigenvalue weighted by molar-refractivity contribution is 0.0312. The lowest BCUT2D eigenvalue weighted by Gasteiger charge is -2.52. The fraction of sp³-hybridized carbons (Fsp3) is 1.00. The monoisotopic (exact) mass is 334 g/mol. The molecular weight excluding hydrogens is 304 g/mol. The van der Waals surface area contributed by atoms with Gasteiger partial charge in [-0.2, -0.15) is 11.8 Å². The first kappa shape index (κ1) is 17.6. The van der Waals surface area contributed by atoms with E-state index in [2.05, 4.69) is 11.8 Å². The molecule has 1 aliphatic heterocycles. The van der Waals surface area contributed by atoms with Crippen LogP contribution < -0.4 is 5.73 Å². The summed E-state index contributed by atoms with van der Waals surface area (Å²) >= 11 is 1.77. The Morgan fingerprint density at radius 2 is 2.14 bits per heavy atom. The highest BCUT2D eigenvalue weighted by molar-refractivity contribution is 8.01. The summed E-state index contributed by atoms with van der Waals surface area (Å²) in [5.41, 5.74) is 6.10. The summed E-state index contributed by atoms with van der Waals surface area (Å²) in [4.78, 5) is 2.28. The SMILES string of the molecule is CCC1CCCC(CN)(N2CCSCC2S(=O)(=O)CC)C1. The molecule has 1 heterocycles. The van der Waals surface area contributed by atoms with Crippen LogP contribution in [0, 0.1) is 5.92 Å². The first-order valence-corrected chi connectivity index (χ1v) is 11.1. The lowest BCUT2D eigenvalue weighted by Crippen LogP contribution is -2.64. The number of hydrogen-bond acceptors (Lipinski definition) is 5. The molecular formula is C15H30N2O2S2. The average Bonchev–Trinajstić information content (AvgIpc) is 2.54. The van der Waals surface area contributed by atoms with Gasteiger partial charge in [-0.3, -0.25) is 4.90 Å². The normalized spacial score (nSPS) is 35.8. The zero-order valence-electron chi connectivity index (χ0n) is 13.4. The third kappa shape index (κ3) is 3.59. The molecule has 124 valence electrons. The van der Waals surface area contributed by atoms with Crippen molar-refractivity contribution in [1.29, 1.82) is 0 Å². The fourth-order valence-corrected chi connectivity index (χ4v) is 7.08. The van der Waals surface area contributed by atoms with Crippen LogP contribution in [0.3, 0.4) is 0 Å². The molecule has 0 amide bonds. The van der Waals surface area contributed by atoms with Gasteiger partial charge in [0.15, 0.2) is 9.84 Å². The first-order valence-electron chi connectivity index (χ1n) is 8.25. The van der Waals surface area contributed by atoms with E-state index in [0.717, 1.165) is 25.1 Å². The molecule has 0 aromatic heterocycles. The predicted octanol–water partition coefficient (Wildman–Crippen LogP) is 2.09. The van der Waals surface area contributed by atoms with Crippen LogP contribution in [0.2, 0.25) is 0 Å². The Balaban J connectivity index is 2.29. The van der Waals surface area contributed by atoms with Gasteiger partial charge in [-0.1, -0.05) is 33.1 Å². The van der Waals surface area contributed by atoms with E-state index in [0.29, 0.717) is 18.2 Å². The van der Waals surface area contributed by atoms with Crippen molar-refractivity contribution in [2.45, 2.75) is 56.9 Å². The van der Waals surface area contributed by atoms with Crippen LogP contribution in [0.5, 0.6) is 0 Å². The van der Waals surface area contributed by atoms with Crippen molar-refractivity contribution in [2.24, 2.45) is 11.7 Å². The summed E-state index contributed by atoms with van der Waals surface area (Å²) in [6.07, 6.45) is 5.75. The molecule has 3 unspecified atom stereocenters. The van der Waals surface area contributed by atoms with E-state index in [4.69, 9.17) is 5.73 Å². The van der Waals surface area contributed by atoms with E-state index in [1.807, 2.05) is 0 Å². The van der Waals surface area contributed by atoms with Crippen LogP contribution in [-0.4, -0.2) is 54.6 Å². The van der Waals surface area contributed by atoms with E-state index < -0.39 is 9.84 Å². The second-order valence-electron chi connectivity index (χ2n) is 6.47. The standard InChI is InChI=1S/C15H30N2O2S2/c1-3-13-6-5-7-15(10-13,12-16)17-8-9-20-11-14(17)21(18,19)4-2/h13-14H,3-12,16H2,1-2H3. The molecule has 1 saturated carbocycles. The zero-order valence-corrected chi connectivity index (χ0v) is 15.0. The van der Waals surface area contributed by atoms with Gasteiger partial charge < -0.3 is 5.73 Å². The topological polar surface area (TPSA) is 63.4 Å². The third-order valence-corrected chi connectivity index (χ3v) is 8.68. The van der Waals surface area contributed by atoms with Crippen LogP contribution in [0.25, 0.3) is 0 Å². The van der Waals surface area contributed by atoms with Crippen molar-refractivity contribution < 1.29 is 8.42 Å². The molecule has 3 atom stereocenters. The van der Waals surface area contributed by atoms with Crippen molar-refractivity contribution in [3.63, 3.8) is 0 Å². The number of rotatable bonds is 5. The van der Waals surface area contributed by atoms with E-state index in [1.165, 1.54) is 19.3 Å². The molecule has 2 aliphatic rings. The Bertz CT molecular complexity index is 441. The Kier molecular flexibility index (Phi) is 6.02. The maximum absolute atomic E-state index is 12.5. The summed E-state index contributed by atoms with van der Waals surface area (Å²) < 4.78 is 25.0. The zero-order chi connectivity index (χ0) is 15.5.